The van der Waals surface area contributed by atoms with Gasteiger partial charge in [0.15, 0.2) is 5.65 Å². The zero-order valence-corrected chi connectivity index (χ0v) is 19.3. The standard InChI is InChI=1S/C23H36N4O4/c1-5-8-14-26-18-17(19(30)27(13-6-2)21(26)31)24-20(25-18)23(7-3)11-9-22(4,10-12-23)15-16(28)29/h5-15H2,1-4H3,(H,24,25)(H,28,29). The van der Waals surface area contributed by atoms with E-state index >= 15 is 0 Å². The zero-order chi connectivity index (χ0) is 22.8. The molecule has 1 fully saturated rings. The van der Waals surface area contributed by atoms with Gasteiger partial charge in [-0.2, -0.15) is 0 Å². The Bertz CT molecular complexity index is 1050. The maximum Gasteiger partial charge on any atom is 0.332 e. The van der Waals surface area contributed by atoms with E-state index in [1.165, 1.54) is 4.57 Å². The van der Waals surface area contributed by atoms with E-state index in [1.807, 2.05) is 13.8 Å². The number of carbonyl (C=O) groups is 1. The SMILES string of the molecule is CCCCn1c(=O)n(CCC)c(=O)c2[nH]c(C3(CC)CCC(C)(CC(=O)O)CC3)nc21. The van der Waals surface area contributed by atoms with Gasteiger partial charge in [0.1, 0.15) is 11.3 Å². The lowest BCUT2D eigenvalue weighted by atomic mass is 9.62. The predicted molar refractivity (Wildman–Crippen MR) is 121 cm³/mol. The van der Waals surface area contributed by atoms with Crippen molar-refractivity contribution in [1.29, 1.82) is 0 Å². The number of rotatable bonds is 9. The van der Waals surface area contributed by atoms with Crippen LogP contribution < -0.4 is 11.2 Å². The molecule has 3 rings (SSSR count). The minimum absolute atomic E-state index is 0.172. The third kappa shape index (κ3) is 4.34. The molecule has 0 saturated heterocycles. The average molecular weight is 433 g/mol. The number of aromatic nitrogens is 4. The molecule has 0 aromatic carbocycles. The van der Waals surface area contributed by atoms with E-state index in [1.54, 1.807) is 4.57 Å². The summed E-state index contributed by atoms with van der Waals surface area (Å²) in [6.07, 6.45) is 6.73. The van der Waals surface area contributed by atoms with Crippen LogP contribution in [-0.2, 0) is 23.3 Å². The topological polar surface area (TPSA) is 110 Å². The molecule has 2 N–H and O–H groups in total. The van der Waals surface area contributed by atoms with Crippen molar-refractivity contribution in [2.45, 2.75) is 104 Å². The van der Waals surface area contributed by atoms with Crippen LogP contribution in [-0.4, -0.2) is 30.2 Å². The Kier molecular flexibility index (Phi) is 6.76. The third-order valence-electron chi connectivity index (χ3n) is 7.22. The minimum Gasteiger partial charge on any atom is -0.481 e. The molecule has 0 spiro atoms. The molecule has 0 amide bonds. The normalized spacial score (nSPS) is 24.0. The van der Waals surface area contributed by atoms with Crippen LogP contribution in [0.1, 0.15) is 91.3 Å². The van der Waals surface area contributed by atoms with Gasteiger partial charge in [-0.25, -0.2) is 9.78 Å². The summed E-state index contributed by atoms with van der Waals surface area (Å²) in [5, 5.41) is 9.27. The molecule has 1 aliphatic rings. The van der Waals surface area contributed by atoms with Gasteiger partial charge in [-0.05, 0) is 50.4 Å². The van der Waals surface area contributed by atoms with E-state index in [-0.39, 0.29) is 28.5 Å². The van der Waals surface area contributed by atoms with Crippen molar-refractivity contribution < 1.29 is 9.90 Å². The number of H-pyrrole nitrogens is 1. The minimum atomic E-state index is -0.758. The Labute approximate surface area is 182 Å². The number of imidazole rings is 1. The molecule has 0 radical (unpaired) electrons. The maximum absolute atomic E-state index is 13.1. The highest BCUT2D eigenvalue weighted by atomic mass is 16.4. The fraction of sp³-hybridized carbons (Fsp3) is 0.739. The van der Waals surface area contributed by atoms with Crippen LogP contribution in [0.2, 0.25) is 0 Å². The summed E-state index contributed by atoms with van der Waals surface area (Å²) in [7, 11) is 0. The van der Waals surface area contributed by atoms with E-state index in [0.29, 0.717) is 30.7 Å². The van der Waals surface area contributed by atoms with E-state index in [4.69, 9.17) is 4.98 Å². The number of aromatic amines is 1. The second-order valence-corrected chi connectivity index (χ2v) is 9.54. The molecule has 8 nitrogen and oxygen atoms in total. The largest absolute Gasteiger partial charge is 0.481 e. The van der Waals surface area contributed by atoms with Gasteiger partial charge in [-0.3, -0.25) is 18.7 Å². The summed E-state index contributed by atoms with van der Waals surface area (Å²) in [5.74, 6) is 0.00465. The molecule has 1 saturated carbocycles. The van der Waals surface area contributed by atoms with E-state index < -0.39 is 5.97 Å². The number of fused-ring (bicyclic) bond motifs is 1. The van der Waals surface area contributed by atoms with Crippen molar-refractivity contribution in [3.05, 3.63) is 26.7 Å². The van der Waals surface area contributed by atoms with Crippen molar-refractivity contribution in [2.75, 3.05) is 0 Å². The molecule has 31 heavy (non-hydrogen) atoms. The second kappa shape index (κ2) is 9.01. The van der Waals surface area contributed by atoms with Gasteiger partial charge in [-0.1, -0.05) is 34.1 Å². The first-order valence-corrected chi connectivity index (χ1v) is 11.7. The molecule has 2 aromatic rings. The van der Waals surface area contributed by atoms with E-state index in [9.17, 15) is 19.5 Å². The molecule has 1 aliphatic carbocycles. The van der Waals surface area contributed by atoms with Crippen molar-refractivity contribution in [1.82, 2.24) is 19.1 Å². The lowest BCUT2D eigenvalue weighted by Crippen LogP contribution is -2.40. The Morgan fingerprint density at radius 3 is 2.29 bits per heavy atom. The van der Waals surface area contributed by atoms with Crippen molar-refractivity contribution in [3.63, 3.8) is 0 Å². The number of unbranched alkanes of at least 4 members (excludes halogenated alkanes) is 1. The number of aliphatic carboxylic acids is 1. The summed E-state index contributed by atoms with van der Waals surface area (Å²) in [5.41, 5.74) is -0.165. The van der Waals surface area contributed by atoms with Gasteiger partial charge in [-0.15, -0.1) is 0 Å². The number of carboxylic acids is 1. The van der Waals surface area contributed by atoms with Gasteiger partial charge >= 0.3 is 11.7 Å². The highest BCUT2D eigenvalue weighted by Crippen LogP contribution is 2.49. The highest BCUT2D eigenvalue weighted by molar-refractivity contribution is 5.70. The Hall–Kier alpha value is -2.38. The molecule has 2 heterocycles. The first-order chi connectivity index (χ1) is 14.7. The third-order valence-corrected chi connectivity index (χ3v) is 7.22. The summed E-state index contributed by atoms with van der Waals surface area (Å²) in [6, 6.07) is 0. The van der Waals surface area contributed by atoms with Crippen molar-refractivity contribution in [3.8, 4) is 0 Å². The molecule has 0 bridgehead atoms. The summed E-state index contributed by atoms with van der Waals surface area (Å²) < 4.78 is 2.97. The van der Waals surface area contributed by atoms with Crippen LogP contribution in [0, 0.1) is 5.41 Å². The average Bonchev–Trinajstić information content (AvgIpc) is 3.17. The fourth-order valence-corrected chi connectivity index (χ4v) is 4.99. The zero-order valence-electron chi connectivity index (χ0n) is 19.3. The van der Waals surface area contributed by atoms with Gasteiger partial charge in [0.05, 0.1) is 6.42 Å². The summed E-state index contributed by atoms with van der Waals surface area (Å²) in [4.78, 5) is 45.6. The molecular weight excluding hydrogens is 396 g/mol. The van der Waals surface area contributed by atoms with Crippen LogP contribution in [0.25, 0.3) is 11.2 Å². The number of hydrogen-bond acceptors (Lipinski definition) is 4. The van der Waals surface area contributed by atoms with Gasteiger partial charge in [0.25, 0.3) is 5.56 Å². The monoisotopic (exact) mass is 432 g/mol. The van der Waals surface area contributed by atoms with Gasteiger partial charge < -0.3 is 10.1 Å². The maximum atomic E-state index is 13.1. The van der Waals surface area contributed by atoms with Crippen LogP contribution in [0.4, 0.5) is 0 Å². The van der Waals surface area contributed by atoms with Crippen LogP contribution in [0.3, 0.4) is 0 Å². The molecule has 0 aliphatic heterocycles. The number of carboxylic acid groups (broad SMARTS) is 1. The highest BCUT2D eigenvalue weighted by Gasteiger charge is 2.43. The van der Waals surface area contributed by atoms with Gasteiger partial charge in [0, 0.05) is 18.5 Å². The van der Waals surface area contributed by atoms with E-state index in [2.05, 4.69) is 18.8 Å². The summed E-state index contributed by atoms with van der Waals surface area (Å²) >= 11 is 0. The first-order valence-electron chi connectivity index (χ1n) is 11.7. The Morgan fingerprint density at radius 2 is 1.74 bits per heavy atom. The number of nitrogens with zero attached hydrogens (tertiary/aromatic N) is 3. The van der Waals surface area contributed by atoms with Gasteiger partial charge in [0.2, 0.25) is 0 Å². The Morgan fingerprint density at radius 1 is 1.06 bits per heavy atom. The number of aryl methyl sites for hydroxylation is 1. The predicted octanol–water partition coefficient (Wildman–Crippen LogP) is 3.80. The lowest BCUT2D eigenvalue weighted by Gasteiger charge is -2.43. The quantitative estimate of drug-likeness (QED) is 0.626. The second-order valence-electron chi connectivity index (χ2n) is 9.54. The van der Waals surface area contributed by atoms with Crippen molar-refractivity contribution in [2.24, 2.45) is 5.41 Å². The van der Waals surface area contributed by atoms with Crippen molar-refractivity contribution >= 4 is 17.1 Å². The summed E-state index contributed by atoms with van der Waals surface area (Å²) in [6.45, 7) is 9.11. The van der Waals surface area contributed by atoms with Crippen LogP contribution in [0.15, 0.2) is 9.59 Å². The first kappa shape index (κ1) is 23.3. The molecule has 0 atom stereocenters. The molecule has 2 aromatic heterocycles. The number of hydrogen-bond donors (Lipinski definition) is 2. The molecule has 0 unspecified atom stereocenters. The lowest BCUT2D eigenvalue weighted by molar-refractivity contribution is -0.140. The fourth-order valence-electron chi connectivity index (χ4n) is 4.99. The van der Waals surface area contributed by atoms with E-state index in [0.717, 1.165) is 50.8 Å². The Balaban J connectivity index is 2.08. The number of nitrogens with one attached hydrogen (secondary N) is 1. The molecule has 172 valence electrons. The molecular formula is C23H36N4O4. The van der Waals surface area contributed by atoms with Crippen LogP contribution >= 0.6 is 0 Å². The van der Waals surface area contributed by atoms with Crippen LogP contribution in [0.5, 0.6) is 0 Å². The molecule has 8 heteroatoms. The smallest absolute Gasteiger partial charge is 0.332 e.